The van der Waals surface area contributed by atoms with Gasteiger partial charge < -0.3 is 15.4 Å². The average molecular weight is 342 g/mol. The summed E-state index contributed by atoms with van der Waals surface area (Å²) >= 11 is 0. The molecule has 0 heterocycles. The van der Waals surface area contributed by atoms with Gasteiger partial charge >= 0.3 is 5.97 Å². The normalized spacial score (nSPS) is 13.2. The number of carbonyl (C=O) groups is 3. The molecule has 0 saturated heterocycles. The third-order valence-corrected chi connectivity index (χ3v) is 3.96. The van der Waals surface area contributed by atoms with E-state index in [1.165, 1.54) is 33.3 Å². The fourth-order valence-electron chi connectivity index (χ4n) is 2.54. The Balaban J connectivity index is 4.56. The number of rotatable bonds is 12. The number of methoxy groups -OCH3 is 1. The molecule has 0 aromatic heterocycles. The zero-order chi connectivity index (χ0) is 18.5. The molecule has 0 fully saturated rings. The maximum Gasteiger partial charge on any atom is 0.328 e. The lowest BCUT2D eigenvalue weighted by Crippen LogP contribution is -2.53. The molecule has 0 aliphatic carbocycles. The number of hydrogen-bond donors (Lipinski definition) is 2. The van der Waals surface area contributed by atoms with Gasteiger partial charge in [-0.3, -0.25) is 9.59 Å². The highest BCUT2D eigenvalue weighted by Crippen LogP contribution is 2.10. The van der Waals surface area contributed by atoms with E-state index in [-0.39, 0.29) is 17.7 Å². The van der Waals surface area contributed by atoms with E-state index in [1.54, 1.807) is 0 Å². The minimum absolute atomic E-state index is 0.0683. The Morgan fingerprint density at radius 1 is 0.958 bits per heavy atom. The van der Waals surface area contributed by atoms with Gasteiger partial charge in [0.15, 0.2) is 0 Å². The van der Waals surface area contributed by atoms with Crippen LogP contribution in [0.1, 0.15) is 72.6 Å². The summed E-state index contributed by atoms with van der Waals surface area (Å²) in [7, 11) is 1.32. The molecule has 0 aliphatic heterocycles. The van der Waals surface area contributed by atoms with Crippen molar-refractivity contribution in [3.63, 3.8) is 0 Å². The molecule has 0 saturated carbocycles. The number of nitrogens with one attached hydrogen (secondary N) is 2. The summed E-state index contributed by atoms with van der Waals surface area (Å²) in [6, 6.07) is -1.32. The van der Waals surface area contributed by atoms with Gasteiger partial charge in [0.2, 0.25) is 11.8 Å². The van der Waals surface area contributed by atoms with E-state index < -0.39 is 18.1 Å². The van der Waals surface area contributed by atoms with Crippen molar-refractivity contribution < 1.29 is 19.1 Å². The van der Waals surface area contributed by atoms with Crippen LogP contribution in [0.25, 0.3) is 0 Å². The number of hydrogen-bond acceptors (Lipinski definition) is 4. The second-order valence-corrected chi connectivity index (χ2v) is 6.56. The van der Waals surface area contributed by atoms with Crippen LogP contribution in [-0.4, -0.2) is 37.0 Å². The van der Waals surface area contributed by atoms with Crippen LogP contribution in [0.2, 0.25) is 0 Å². The molecule has 0 unspecified atom stereocenters. The van der Waals surface area contributed by atoms with Crippen molar-refractivity contribution in [2.24, 2.45) is 5.92 Å². The predicted molar refractivity (Wildman–Crippen MR) is 94.4 cm³/mol. The Morgan fingerprint density at radius 3 is 2.04 bits per heavy atom. The molecule has 2 atom stereocenters. The van der Waals surface area contributed by atoms with Crippen molar-refractivity contribution >= 4 is 17.8 Å². The van der Waals surface area contributed by atoms with Gasteiger partial charge in [0, 0.05) is 6.92 Å². The fourth-order valence-corrected chi connectivity index (χ4v) is 2.54. The van der Waals surface area contributed by atoms with Gasteiger partial charge in [-0.2, -0.15) is 0 Å². The Bertz CT molecular complexity index is 396. The van der Waals surface area contributed by atoms with E-state index in [0.29, 0.717) is 6.42 Å². The van der Waals surface area contributed by atoms with Crippen molar-refractivity contribution in [3.05, 3.63) is 0 Å². The quantitative estimate of drug-likeness (QED) is 0.422. The Kier molecular flexibility index (Phi) is 11.9. The minimum atomic E-state index is -0.663. The van der Waals surface area contributed by atoms with Crippen LogP contribution in [0.5, 0.6) is 0 Å². The fraction of sp³-hybridized carbons (Fsp3) is 0.833. The van der Waals surface area contributed by atoms with Crippen LogP contribution >= 0.6 is 0 Å². The molecule has 6 heteroatoms. The summed E-state index contributed by atoms with van der Waals surface area (Å²) in [5.41, 5.74) is 0. The lowest BCUT2D eigenvalue weighted by atomic mass is 10.0. The van der Waals surface area contributed by atoms with Crippen molar-refractivity contribution in [3.8, 4) is 0 Å². The summed E-state index contributed by atoms with van der Waals surface area (Å²) in [6.45, 7) is 7.24. The van der Waals surface area contributed by atoms with Gasteiger partial charge in [-0.05, 0) is 12.3 Å². The summed E-state index contributed by atoms with van der Waals surface area (Å²) < 4.78 is 4.79. The van der Waals surface area contributed by atoms with Crippen molar-refractivity contribution in [2.45, 2.75) is 84.7 Å². The first-order valence-electron chi connectivity index (χ1n) is 8.98. The second kappa shape index (κ2) is 12.8. The summed E-state index contributed by atoms with van der Waals surface area (Å²) in [5, 5.41) is 5.36. The molecular formula is C18H34N2O4. The Morgan fingerprint density at radius 2 is 1.54 bits per heavy atom. The molecule has 0 radical (unpaired) electrons. The molecule has 24 heavy (non-hydrogen) atoms. The maximum absolute atomic E-state index is 12.4. The smallest absolute Gasteiger partial charge is 0.328 e. The number of esters is 1. The van der Waals surface area contributed by atoms with Gasteiger partial charge in [-0.25, -0.2) is 4.79 Å². The standard InChI is InChI=1S/C18H34N2O4/c1-6-7-8-9-10-11-12-15(18(23)24-5)20-17(22)16(13(2)3)19-14(4)21/h13,15-16H,6-12H2,1-5H3,(H,19,21)(H,20,22)/t15-,16+/m0/s1. The van der Waals surface area contributed by atoms with E-state index in [1.807, 2.05) is 13.8 Å². The van der Waals surface area contributed by atoms with Gasteiger partial charge in [0.05, 0.1) is 7.11 Å². The van der Waals surface area contributed by atoms with E-state index in [9.17, 15) is 14.4 Å². The number of carbonyl (C=O) groups excluding carboxylic acids is 3. The van der Waals surface area contributed by atoms with Crippen molar-refractivity contribution in [1.82, 2.24) is 10.6 Å². The first kappa shape index (κ1) is 22.4. The third-order valence-electron chi connectivity index (χ3n) is 3.96. The molecule has 0 spiro atoms. The van der Waals surface area contributed by atoms with Gasteiger partial charge in [-0.1, -0.05) is 59.3 Å². The topological polar surface area (TPSA) is 84.5 Å². The van der Waals surface area contributed by atoms with Crippen molar-refractivity contribution in [2.75, 3.05) is 7.11 Å². The van der Waals surface area contributed by atoms with Crippen LogP contribution in [0.3, 0.4) is 0 Å². The van der Waals surface area contributed by atoms with Gasteiger partial charge in [0.25, 0.3) is 0 Å². The second-order valence-electron chi connectivity index (χ2n) is 6.56. The molecule has 0 aliphatic rings. The average Bonchev–Trinajstić information content (AvgIpc) is 2.53. The zero-order valence-electron chi connectivity index (χ0n) is 15.8. The first-order valence-corrected chi connectivity index (χ1v) is 8.98. The molecule has 0 aromatic carbocycles. The molecule has 140 valence electrons. The van der Waals surface area contributed by atoms with Crippen molar-refractivity contribution in [1.29, 1.82) is 0 Å². The number of amides is 2. The van der Waals surface area contributed by atoms with E-state index in [4.69, 9.17) is 4.74 Å². The van der Waals surface area contributed by atoms with Crippen LogP contribution in [0, 0.1) is 5.92 Å². The molecule has 0 aromatic rings. The molecular weight excluding hydrogens is 308 g/mol. The first-order chi connectivity index (χ1) is 11.3. The van der Waals surface area contributed by atoms with E-state index >= 15 is 0 Å². The highest BCUT2D eigenvalue weighted by molar-refractivity contribution is 5.90. The van der Waals surface area contributed by atoms with Crippen LogP contribution in [0.4, 0.5) is 0 Å². The van der Waals surface area contributed by atoms with Crippen LogP contribution < -0.4 is 10.6 Å². The zero-order valence-corrected chi connectivity index (χ0v) is 15.8. The Labute approximate surface area is 146 Å². The SMILES string of the molecule is CCCCCCCC[C@H](NC(=O)[C@H](NC(C)=O)C(C)C)C(=O)OC. The molecule has 0 bridgehead atoms. The summed E-state index contributed by atoms with van der Waals surface area (Å²) in [5.74, 6) is -1.13. The maximum atomic E-state index is 12.4. The van der Waals surface area contributed by atoms with Gasteiger partial charge in [0.1, 0.15) is 12.1 Å². The highest BCUT2D eigenvalue weighted by atomic mass is 16.5. The molecule has 0 rings (SSSR count). The summed E-state index contributed by atoms with van der Waals surface area (Å²) in [6.07, 6.45) is 7.19. The lowest BCUT2D eigenvalue weighted by molar-refractivity contribution is -0.145. The number of ether oxygens (including phenoxy) is 1. The molecule has 2 amide bonds. The van der Waals surface area contributed by atoms with Crippen LogP contribution in [0.15, 0.2) is 0 Å². The predicted octanol–water partition coefficient (Wildman–Crippen LogP) is 2.56. The highest BCUT2D eigenvalue weighted by Gasteiger charge is 2.28. The monoisotopic (exact) mass is 342 g/mol. The number of unbranched alkanes of at least 4 members (excludes halogenated alkanes) is 5. The molecule has 2 N–H and O–H groups in total. The Hall–Kier alpha value is -1.59. The van der Waals surface area contributed by atoms with Crippen LogP contribution in [-0.2, 0) is 19.1 Å². The van der Waals surface area contributed by atoms with Gasteiger partial charge in [-0.15, -0.1) is 0 Å². The molecule has 6 nitrogen and oxygen atoms in total. The van der Waals surface area contributed by atoms with E-state index in [2.05, 4.69) is 17.6 Å². The lowest BCUT2D eigenvalue weighted by Gasteiger charge is -2.24. The largest absolute Gasteiger partial charge is 0.467 e. The summed E-state index contributed by atoms with van der Waals surface area (Å²) in [4.78, 5) is 35.5. The van der Waals surface area contributed by atoms with E-state index in [0.717, 1.165) is 19.3 Å². The minimum Gasteiger partial charge on any atom is -0.467 e. The third kappa shape index (κ3) is 9.53.